The third-order valence-electron chi connectivity index (χ3n) is 2.97. The van der Waals surface area contributed by atoms with E-state index in [4.69, 9.17) is 10.4 Å². The van der Waals surface area contributed by atoms with Crippen LogP contribution in [0.1, 0.15) is 12.0 Å². The van der Waals surface area contributed by atoms with Gasteiger partial charge in [-0.25, -0.2) is 22.3 Å². The molecular weight excluding hydrogens is 292 g/mol. The molecule has 2 N–H and O–H groups in total. The molecule has 2 rings (SSSR count). The van der Waals surface area contributed by atoms with Gasteiger partial charge in [0.25, 0.3) is 0 Å². The maximum Gasteiger partial charge on any atom is 0.228 e. The van der Waals surface area contributed by atoms with Crippen LogP contribution in [0.5, 0.6) is 0 Å². The van der Waals surface area contributed by atoms with E-state index in [1.54, 1.807) is 6.07 Å². The molecule has 1 aliphatic rings. The first-order valence-electron chi connectivity index (χ1n) is 5.45. The lowest BCUT2D eigenvalue weighted by molar-refractivity contribution is -0.117. The minimum absolute atomic E-state index is 0.238. The highest BCUT2D eigenvalue weighted by Crippen LogP contribution is 2.30. The molecule has 0 aliphatic carbocycles. The van der Waals surface area contributed by atoms with Crippen molar-refractivity contribution in [1.29, 1.82) is 5.26 Å². The van der Waals surface area contributed by atoms with Gasteiger partial charge in [-0.1, -0.05) is 0 Å². The molecule has 0 aromatic heterocycles. The Morgan fingerprint density at radius 2 is 1.90 bits per heavy atom. The summed E-state index contributed by atoms with van der Waals surface area (Å²) in [5, 5.41) is 12.3. The molecule has 20 heavy (non-hydrogen) atoms. The Balaban J connectivity index is 2.44. The number of carbonyl (C=O) groups is 1. The van der Waals surface area contributed by atoms with E-state index in [0.29, 0.717) is 4.90 Å². The first-order chi connectivity index (χ1) is 9.24. The molecule has 1 atom stereocenters. The summed E-state index contributed by atoms with van der Waals surface area (Å²) in [5.74, 6) is -2.96. The smallest absolute Gasteiger partial charge is 0.228 e. The summed E-state index contributed by atoms with van der Waals surface area (Å²) >= 11 is 0. The average molecular weight is 301 g/mol. The highest BCUT2D eigenvalue weighted by molar-refractivity contribution is 7.89. The van der Waals surface area contributed by atoms with Gasteiger partial charge in [0.05, 0.1) is 11.6 Å². The monoisotopic (exact) mass is 301 g/mol. The van der Waals surface area contributed by atoms with Crippen LogP contribution in [-0.4, -0.2) is 26.1 Å². The molecule has 9 heteroatoms. The molecule has 1 aromatic rings. The average Bonchev–Trinajstić information content (AvgIpc) is 2.70. The van der Waals surface area contributed by atoms with Crippen molar-refractivity contribution < 1.29 is 22.0 Å². The molecule has 1 aromatic carbocycles. The highest BCUT2D eigenvalue weighted by Gasteiger charge is 2.39. The van der Waals surface area contributed by atoms with Gasteiger partial charge in [0.1, 0.15) is 10.9 Å². The number of sulfonamides is 1. The zero-order chi connectivity index (χ0) is 15.1. The van der Waals surface area contributed by atoms with Gasteiger partial charge in [-0.2, -0.15) is 5.26 Å². The van der Waals surface area contributed by atoms with Crippen LogP contribution in [0.2, 0.25) is 0 Å². The third-order valence-corrected chi connectivity index (χ3v) is 4.22. The zero-order valence-corrected chi connectivity index (χ0v) is 10.8. The Labute approximate surface area is 113 Å². The van der Waals surface area contributed by atoms with Gasteiger partial charge in [0.2, 0.25) is 15.9 Å². The number of nitrogens with zero attached hydrogens (tertiary/aromatic N) is 2. The molecule has 0 spiro atoms. The van der Waals surface area contributed by atoms with Gasteiger partial charge in [-0.15, -0.1) is 0 Å². The Hall–Kier alpha value is -2.05. The zero-order valence-electron chi connectivity index (χ0n) is 10.0. The van der Waals surface area contributed by atoms with Crippen LogP contribution in [0.4, 0.5) is 14.5 Å². The molecular formula is C11H9F2N3O3S. The SMILES string of the molecule is N#Cc1cc(F)c(N2CC(S(N)(=O)=O)CC2=O)c(F)c1. The minimum Gasteiger partial charge on any atom is -0.306 e. The molecule has 6 nitrogen and oxygen atoms in total. The van der Waals surface area contributed by atoms with Crippen molar-refractivity contribution in [3.05, 3.63) is 29.3 Å². The van der Waals surface area contributed by atoms with Crippen molar-refractivity contribution in [2.45, 2.75) is 11.7 Å². The largest absolute Gasteiger partial charge is 0.306 e. The summed E-state index contributed by atoms with van der Waals surface area (Å²) in [7, 11) is -3.97. The van der Waals surface area contributed by atoms with Crippen LogP contribution in [0, 0.1) is 23.0 Å². The number of hydrogen-bond acceptors (Lipinski definition) is 4. The van der Waals surface area contributed by atoms with Crippen molar-refractivity contribution in [2.24, 2.45) is 5.14 Å². The maximum atomic E-state index is 13.8. The fourth-order valence-electron chi connectivity index (χ4n) is 2.00. The van der Waals surface area contributed by atoms with Crippen molar-refractivity contribution in [2.75, 3.05) is 11.4 Å². The molecule has 1 unspecified atom stereocenters. The maximum absolute atomic E-state index is 13.8. The lowest BCUT2D eigenvalue weighted by Crippen LogP contribution is -2.32. The van der Waals surface area contributed by atoms with Crippen LogP contribution in [0.15, 0.2) is 12.1 Å². The highest BCUT2D eigenvalue weighted by atomic mass is 32.2. The molecule has 0 saturated carbocycles. The summed E-state index contributed by atoms with van der Waals surface area (Å²) in [4.78, 5) is 12.4. The Kier molecular flexibility index (Phi) is 3.45. The quantitative estimate of drug-likeness (QED) is 0.844. The van der Waals surface area contributed by atoms with Crippen LogP contribution in [-0.2, 0) is 14.8 Å². The molecule has 1 heterocycles. The lowest BCUT2D eigenvalue weighted by atomic mass is 10.2. The fourth-order valence-corrected chi connectivity index (χ4v) is 2.73. The van der Waals surface area contributed by atoms with Crippen LogP contribution in [0.25, 0.3) is 0 Å². The van der Waals surface area contributed by atoms with Crippen LogP contribution in [0.3, 0.4) is 0 Å². The van der Waals surface area contributed by atoms with Gasteiger partial charge in [-0.05, 0) is 12.1 Å². The number of carbonyl (C=O) groups excluding carboxylic acids is 1. The predicted octanol–water partition coefficient (Wildman–Crippen LogP) is 0.230. The van der Waals surface area contributed by atoms with Gasteiger partial charge >= 0.3 is 0 Å². The standard InChI is InChI=1S/C11H9F2N3O3S/c12-8-1-6(4-14)2-9(13)11(8)16-5-7(3-10(16)17)20(15,18)19/h1-2,7H,3,5H2,(H2,15,18,19). The van der Waals surface area contributed by atoms with Crippen LogP contribution >= 0.6 is 0 Å². The number of rotatable bonds is 2. The van der Waals surface area contributed by atoms with E-state index < -0.39 is 51.5 Å². The number of anilines is 1. The number of nitriles is 1. The molecule has 1 saturated heterocycles. The van der Waals surface area contributed by atoms with E-state index in [-0.39, 0.29) is 5.56 Å². The normalized spacial score (nSPS) is 19.2. The van der Waals surface area contributed by atoms with Gasteiger partial charge in [-0.3, -0.25) is 4.79 Å². The van der Waals surface area contributed by atoms with Crippen molar-refractivity contribution in [1.82, 2.24) is 0 Å². The molecule has 1 aliphatic heterocycles. The second-order valence-electron chi connectivity index (χ2n) is 4.32. The Morgan fingerprint density at radius 1 is 1.35 bits per heavy atom. The number of halogens is 2. The van der Waals surface area contributed by atoms with Gasteiger partial charge in [0, 0.05) is 13.0 Å². The number of nitrogens with two attached hydrogens (primary N) is 1. The van der Waals surface area contributed by atoms with E-state index >= 15 is 0 Å². The summed E-state index contributed by atoms with van der Waals surface area (Å²) in [6.07, 6.45) is -0.433. The van der Waals surface area contributed by atoms with E-state index in [2.05, 4.69) is 0 Å². The Bertz CT molecular complexity index is 704. The van der Waals surface area contributed by atoms with E-state index in [9.17, 15) is 22.0 Å². The summed E-state index contributed by atoms with van der Waals surface area (Å²) in [6.45, 7) is -0.419. The topological polar surface area (TPSA) is 104 Å². The van der Waals surface area contributed by atoms with Gasteiger partial charge in [0.15, 0.2) is 11.6 Å². The first-order valence-corrected chi connectivity index (χ1v) is 7.06. The number of amides is 1. The molecule has 0 radical (unpaired) electrons. The number of benzene rings is 1. The van der Waals surface area contributed by atoms with E-state index in [1.165, 1.54) is 0 Å². The molecule has 106 valence electrons. The third kappa shape index (κ3) is 2.48. The first kappa shape index (κ1) is 14.4. The van der Waals surface area contributed by atoms with Crippen molar-refractivity contribution >= 4 is 21.6 Å². The Morgan fingerprint density at radius 3 is 2.30 bits per heavy atom. The number of hydrogen-bond donors (Lipinski definition) is 1. The fraction of sp³-hybridized carbons (Fsp3) is 0.273. The van der Waals surface area contributed by atoms with Crippen LogP contribution < -0.4 is 10.0 Å². The lowest BCUT2D eigenvalue weighted by Gasteiger charge is -2.18. The summed E-state index contributed by atoms with van der Waals surface area (Å²) in [6, 6.07) is 3.12. The second kappa shape index (κ2) is 4.81. The summed E-state index contributed by atoms with van der Waals surface area (Å²) in [5.41, 5.74) is -0.904. The van der Waals surface area contributed by atoms with Crippen molar-refractivity contribution in [3.63, 3.8) is 0 Å². The second-order valence-corrected chi connectivity index (χ2v) is 6.16. The molecule has 0 bridgehead atoms. The van der Waals surface area contributed by atoms with E-state index in [0.717, 1.165) is 12.1 Å². The number of primary sulfonamides is 1. The molecule has 1 fully saturated rings. The minimum atomic E-state index is -3.97. The van der Waals surface area contributed by atoms with Gasteiger partial charge < -0.3 is 4.90 Å². The predicted molar refractivity (Wildman–Crippen MR) is 64.9 cm³/mol. The van der Waals surface area contributed by atoms with Crippen molar-refractivity contribution in [3.8, 4) is 6.07 Å². The molecule has 1 amide bonds. The van der Waals surface area contributed by atoms with E-state index in [1.807, 2.05) is 0 Å². The summed E-state index contributed by atoms with van der Waals surface area (Å²) < 4.78 is 50.0.